The van der Waals surface area contributed by atoms with E-state index < -0.39 is 0 Å². The minimum atomic E-state index is 0.0697. The van der Waals surface area contributed by atoms with Gasteiger partial charge >= 0.3 is 0 Å². The molecule has 4 heteroatoms. The van der Waals surface area contributed by atoms with E-state index in [1.807, 2.05) is 17.5 Å². The number of thiophene rings is 2. The number of carbonyl (C=O) groups excluding carboxylic acids is 1. The van der Waals surface area contributed by atoms with Gasteiger partial charge < -0.3 is 5.32 Å². The molecule has 0 aliphatic heterocycles. The topological polar surface area (TPSA) is 29.1 Å². The molecule has 2 heterocycles. The van der Waals surface area contributed by atoms with E-state index in [9.17, 15) is 4.79 Å². The average Bonchev–Trinajstić information content (AvgIpc) is 3.17. The Balaban J connectivity index is 1.77. The summed E-state index contributed by atoms with van der Waals surface area (Å²) in [6.45, 7) is 0. The van der Waals surface area contributed by atoms with Gasteiger partial charge in [-0.25, -0.2) is 0 Å². The van der Waals surface area contributed by atoms with Gasteiger partial charge in [0.05, 0.1) is 10.9 Å². The van der Waals surface area contributed by atoms with E-state index in [4.69, 9.17) is 0 Å². The zero-order valence-electron chi connectivity index (χ0n) is 10.7. The van der Waals surface area contributed by atoms with Crippen LogP contribution in [0.2, 0.25) is 0 Å². The average molecular weight is 291 g/mol. The Kier molecular flexibility index (Phi) is 3.99. The van der Waals surface area contributed by atoms with Crippen molar-refractivity contribution in [3.05, 3.63) is 44.8 Å². The lowest BCUT2D eigenvalue weighted by Gasteiger charge is -2.23. The van der Waals surface area contributed by atoms with Crippen molar-refractivity contribution in [3.8, 4) is 0 Å². The van der Waals surface area contributed by atoms with Gasteiger partial charge in [0.25, 0.3) is 5.91 Å². The lowest BCUT2D eigenvalue weighted by Crippen LogP contribution is -2.31. The van der Waals surface area contributed by atoms with Crippen molar-refractivity contribution in [2.45, 2.75) is 31.7 Å². The molecule has 1 aliphatic rings. The van der Waals surface area contributed by atoms with Gasteiger partial charge in [0, 0.05) is 4.88 Å². The van der Waals surface area contributed by atoms with E-state index in [-0.39, 0.29) is 11.9 Å². The number of nitrogens with one attached hydrogen (secondary N) is 1. The van der Waals surface area contributed by atoms with Gasteiger partial charge in [-0.05, 0) is 41.7 Å². The monoisotopic (exact) mass is 291 g/mol. The third-order valence-electron chi connectivity index (χ3n) is 3.75. The van der Waals surface area contributed by atoms with Crippen LogP contribution in [0.5, 0.6) is 0 Å². The van der Waals surface area contributed by atoms with Crippen LogP contribution in [-0.2, 0) is 0 Å². The van der Waals surface area contributed by atoms with Crippen LogP contribution in [-0.4, -0.2) is 5.91 Å². The third-order valence-corrected chi connectivity index (χ3v) is 5.58. The molecule has 0 saturated heterocycles. The van der Waals surface area contributed by atoms with Crippen LogP contribution in [0.1, 0.15) is 46.3 Å². The van der Waals surface area contributed by atoms with Crippen LogP contribution in [0.25, 0.3) is 0 Å². The maximum Gasteiger partial charge on any atom is 0.261 e. The minimum absolute atomic E-state index is 0.0697. The van der Waals surface area contributed by atoms with Gasteiger partial charge in [-0.3, -0.25) is 4.79 Å². The van der Waals surface area contributed by atoms with E-state index in [0.717, 1.165) is 4.88 Å². The lowest BCUT2D eigenvalue weighted by molar-refractivity contribution is 0.0927. The van der Waals surface area contributed by atoms with Gasteiger partial charge in [-0.15, -0.1) is 22.7 Å². The standard InChI is InChI=1S/C15H17NOS2/c17-15(13-8-4-10-19-13)16-14(11-5-1-2-6-11)12-7-3-9-18-12/h3-4,7-11,14H,1-2,5-6H2,(H,16,17)/t14-/m1/s1. The van der Waals surface area contributed by atoms with E-state index in [2.05, 4.69) is 22.8 Å². The summed E-state index contributed by atoms with van der Waals surface area (Å²) in [6.07, 6.45) is 5.05. The molecule has 2 aromatic rings. The van der Waals surface area contributed by atoms with Gasteiger partial charge in [-0.1, -0.05) is 25.0 Å². The predicted molar refractivity (Wildman–Crippen MR) is 80.8 cm³/mol. The molecule has 3 rings (SSSR count). The zero-order chi connectivity index (χ0) is 13.1. The van der Waals surface area contributed by atoms with Gasteiger partial charge in [0.1, 0.15) is 0 Å². The van der Waals surface area contributed by atoms with Crippen molar-refractivity contribution < 1.29 is 4.79 Å². The zero-order valence-corrected chi connectivity index (χ0v) is 12.3. The van der Waals surface area contributed by atoms with Crippen molar-refractivity contribution in [1.29, 1.82) is 0 Å². The Bertz CT molecular complexity index is 512. The fraction of sp³-hybridized carbons (Fsp3) is 0.400. The van der Waals surface area contributed by atoms with Crippen molar-refractivity contribution in [1.82, 2.24) is 5.32 Å². The number of carbonyl (C=O) groups is 1. The van der Waals surface area contributed by atoms with E-state index in [1.165, 1.54) is 41.9 Å². The summed E-state index contributed by atoms with van der Waals surface area (Å²) < 4.78 is 0. The Labute approximate surface area is 121 Å². The normalized spacial score (nSPS) is 17.5. The molecular formula is C15H17NOS2. The Morgan fingerprint density at radius 1 is 1.16 bits per heavy atom. The second-order valence-electron chi connectivity index (χ2n) is 4.99. The van der Waals surface area contributed by atoms with Gasteiger partial charge in [-0.2, -0.15) is 0 Å². The summed E-state index contributed by atoms with van der Waals surface area (Å²) in [5, 5.41) is 7.29. The molecule has 1 aliphatic carbocycles. The maximum atomic E-state index is 12.3. The highest BCUT2D eigenvalue weighted by atomic mass is 32.1. The fourth-order valence-corrected chi connectivity index (χ4v) is 4.30. The highest BCUT2D eigenvalue weighted by Gasteiger charge is 2.28. The largest absolute Gasteiger partial charge is 0.343 e. The Morgan fingerprint density at radius 3 is 2.53 bits per heavy atom. The predicted octanol–water partition coefficient (Wildman–Crippen LogP) is 4.47. The molecule has 19 heavy (non-hydrogen) atoms. The van der Waals surface area contributed by atoms with Gasteiger partial charge in [0.2, 0.25) is 0 Å². The van der Waals surface area contributed by atoms with Gasteiger partial charge in [0.15, 0.2) is 0 Å². The Hall–Kier alpha value is -1.13. The number of rotatable bonds is 4. The van der Waals surface area contributed by atoms with Crippen LogP contribution >= 0.6 is 22.7 Å². The van der Waals surface area contributed by atoms with Crippen molar-refractivity contribution >= 4 is 28.6 Å². The number of amides is 1. The van der Waals surface area contributed by atoms with Crippen molar-refractivity contribution in [3.63, 3.8) is 0 Å². The van der Waals surface area contributed by atoms with Crippen LogP contribution < -0.4 is 5.32 Å². The summed E-state index contributed by atoms with van der Waals surface area (Å²) in [4.78, 5) is 14.4. The molecule has 2 nitrogen and oxygen atoms in total. The highest BCUT2D eigenvalue weighted by molar-refractivity contribution is 7.12. The van der Waals surface area contributed by atoms with Crippen molar-refractivity contribution in [2.24, 2.45) is 5.92 Å². The first-order valence-electron chi connectivity index (χ1n) is 6.72. The summed E-state index contributed by atoms with van der Waals surface area (Å²) in [7, 11) is 0. The molecule has 1 saturated carbocycles. The molecule has 1 atom stereocenters. The van der Waals surface area contributed by atoms with Crippen LogP contribution in [0, 0.1) is 5.92 Å². The molecule has 0 radical (unpaired) electrons. The summed E-state index contributed by atoms with van der Waals surface area (Å²) >= 11 is 3.25. The molecule has 1 fully saturated rings. The molecular weight excluding hydrogens is 274 g/mol. The molecule has 0 bridgehead atoms. The summed E-state index contributed by atoms with van der Waals surface area (Å²) in [5.41, 5.74) is 0. The molecule has 1 N–H and O–H groups in total. The smallest absolute Gasteiger partial charge is 0.261 e. The van der Waals surface area contributed by atoms with E-state index in [0.29, 0.717) is 5.92 Å². The molecule has 0 spiro atoms. The molecule has 1 amide bonds. The van der Waals surface area contributed by atoms with E-state index >= 15 is 0 Å². The SMILES string of the molecule is O=C(N[C@@H](c1cccs1)C1CCCC1)c1cccs1. The lowest BCUT2D eigenvalue weighted by atomic mass is 9.96. The molecule has 0 aromatic carbocycles. The first kappa shape index (κ1) is 12.9. The Morgan fingerprint density at radius 2 is 1.89 bits per heavy atom. The highest BCUT2D eigenvalue weighted by Crippen LogP contribution is 2.37. The minimum Gasteiger partial charge on any atom is -0.343 e. The quantitative estimate of drug-likeness (QED) is 0.884. The molecule has 100 valence electrons. The first-order chi connectivity index (χ1) is 9.34. The second kappa shape index (κ2) is 5.88. The fourth-order valence-electron chi connectivity index (χ4n) is 2.80. The van der Waals surface area contributed by atoms with Crippen LogP contribution in [0.4, 0.5) is 0 Å². The first-order valence-corrected chi connectivity index (χ1v) is 8.48. The van der Waals surface area contributed by atoms with Crippen molar-refractivity contribution in [2.75, 3.05) is 0 Å². The van der Waals surface area contributed by atoms with Crippen LogP contribution in [0.3, 0.4) is 0 Å². The van der Waals surface area contributed by atoms with Crippen LogP contribution in [0.15, 0.2) is 35.0 Å². The summed E-state index contributed by atoms with van der Waals surface area (Å²) in [6, 6.07) is 8.22. The molecule has 2 aromatic heterocycles. The second-order valence-corrected chi connectivity index (χ2v) is 6.92. The maximum absolute atomic E-state index is 12.3. The number of hydrogen-bond donors (Lipinski definition) is 1. The van der Waals surface area contributed by atoms with E-state index in [1.54, 1.807) is 11.3 Å². The summed E-state index contributed by atoms with van der Waals surface area (Å²) in [5.74, 6) is 0.669. The third kappa shape index (κ3) is 2.90. The molecule has 0 unspecified atom stereocenters. The number of hydrogen-bond acceptors (Lipinski definition) is 3.